The van der Waals surface area contributed by atoms with Gasteiger partial charge in [-0.15, -0.1) is 0 Å². The molecule has 0 bridgehead atoms. The maximum atomic E-state index is 13.5. The lowest BCUT2D eigenvalue weighted by Gasteiger charge is -2.42. The van der Waals surface area contributed by atoms with Crippen molar-refractivity contribution < 1.29 is 50.1 Å². The van der Waals surface area contributed by atoms with Gasteiger partial charge >= 0.3 is 24.4 Å². The number of methoxy groups -OCH3 is 1. The summed E-state index contributed by atoms with van der Waals surface area (Å²) < 4.78 is 97.3. The summed E-state index contributed by atoms with van der Waals surface area (Å²) in [5.41, 5.74) is -4.12. The first-order valence-electron chi connectivity index (χ1n) is 12.1. The van der Waals surface area contributed by atoms with Gasteiger partial charge in [-0.2, -0.15) is 26.3 Å². The number of halogens is 6. The first-order valence-corrected chi connectivity index (χ1v) is 12.1. The smallest absolute Gasteiger partial charge is 0.416 e. The molecule has 0 radical (unpaired) electrons. The molecule has 1 saturated heterocycles. The average Bonchev–Trinajstić information content (AvgIpc) is 2.84. The van der Waals surface area contributed by atoms with E-state index in [-0.39, 0.29) is 19.0 Å². The highest BCUT2D eigenvalue weighted by atomic mass is 19.4. The highest BCUT2D eigenvalue weighted by Gasteiger charge is 2.43. The normalized spacial score (nSPS) is 19.4. The van der Waals surface area contributed by atoms with Gasteiger partial charge in [-0.05, 0) is 62.9 Å². The van der Waals surface area contributed by atoms with E-state index in [1.807, 2.05) is 0 Å². The van der Waals surface area contributed by atoms with Crippen molar-refractivity contribution in [2.24, 2.45) is 0 Å². The van der Waals surface area contributed by atoms with Crippen LogP contribution >= 0.6 is 0 Å². The number of amides is 1. The van der Waals surface area contributed by atoms with Crippen LogP contribution < -0.4 is 0 Å². The fourth-order valence-electron chi connectivity index (χ4n) is 4.36. The molecule has 6 nitrogen and oxygen atoms in total. The van der Waals surface area contributed by atoms with Crippen LogP contribution in [0.2, 0.25) is 0 Å². The number of rotatable bonds is 5. The number of nitrogens with zero attached hydrogens (tertiary/aromatic N) is 1. The predicted molar refractivity (Wildman–Crippen MR) is 127 cm³/mol. The van der Waals surface area contributed by atoms with Crippen LogP contribution in [-0.4, -0.2) is 42.3 Å². The second-order valence-corrected chi connectivity index (χ2v) is 10.1. The maximum absolute atomic E-state index is 13.5. The second kappa shape index (κ2) is 11.4. The monoisotopic (exact) mass is 561 g/mol. The highest BCUT2D eigenvalue weighted by Crippen LogP contribution is 2.41. The minimum absolute atomic E-state index is 0.0323. The van der Waals surface area contributed by atoms with Crippen LogP contribution in [0.5, 0.6) is 0 Å². The molecule has 2 aromatic rings. The summed E-state index contributed by atoms with van der Waals surface area (Å²) in [5, 5.41) is 0. The fraction of sp³-hybridized carbons (Fsp3) is 0.481. The Morgan fingerprint density at radius 2 is 1.49 bits per heavy atom. The van der Waals surface area contributed by atoms with Crippen molar-refractivity contribution in [2.45, 2.75) is 69.8 Å². The van der Waals surface area contributed by atoms with E-state index in [4.69, 9.17) is 14.2 Å². The molecule has 1 amide bonds. The van der Waals surface area contributed by atoms with Gasteiger partial charge in [0.1, 0.15) is 5.60 Å². The fourth-order valence-corrected chi connectivity index (χ4v) is 4.36. The van der Waals surface area contributed by atoms with Crippen LogP contribution in [0.15, 0.2) is 48.5 Å². The Balaban J connectivity index is 2.09. The Kier molecular flexibility index (Phi) is 8.88. The third-order valence-corrected chi connectivity index (χ3v) is 5.98. The van der Waals surface area contributed by atoms with Crippen LogP contribution in [0.3, 0.4) is 0 Å². The van der Waals surface area contributed by atoms with Crippen LogP contribution in [0.1, 0.15) is 68.0 Å². The van der Waals surface area contributed by atoms with Crippen molar-refractivity contribution >= 4 is 12.1 Å². The molecule has 0 spiro atoms. The number of piperidine rings is 1. The van der Waals surface area contributed by atoms with Crippen molar-refractivity contribution in [1.82, 2.24) is 4.90 Å². The Labute approximate surface area is 221 Å². The molecule has 1 heterocycles. The Hall–Kier alpha value is -3.28. The third kappa shape index (κ3) is 7.65. The van der Waals surface area contributed by atoms with E-state index in [2.05, 4.69) is 0 Å². The van der Waals surface area contributed by atoms with Crippen molar-refractivity contribution in [3.05, 3.63) is 70.8 Å². The number of hydrogen-bond donors (Lipinski definition) is 0. The van der Waals surface area contributed by atoms with Crippen molar-refractivity contribution in [3.8, 4) is 0 Å². The lowest BCUT2D eigenvalue weighted by Crippen LogP contribution is -2.48. The maximum Gasteiger partial charge on any atom is 0.416 e. The van der Waals surface area contributed by atoms with Gasteiger partial charge in [-0.3, -0.25) is 4.90 Å². The van der Waals surface area contributed by atoms with Gasteiger partial charge in [-0.25, -0.2) is 9.59 Å². The van der Waals surface area contributed by atoms with Gasteiger partial charge in [0.2, 0.25) is 0 Å². The number of carbonyl (C=O) groups excluding carboxylic acids is 2. The Bertz CT molecular complexity index is 1130. The Morgan fingerprint density at radius 1 is 0.923 bits per heavy atom. The molecule has 12 heteroatoms. The molecule has 3 rings (SSSR count). The number of benzene rings is 2. The lowest BCUT2D eigenvalue weighted by atomic mass is 9.92. The molecule has 3 atom stereocenters. The number of alkyl halides is 6. The zero-order valence-corrected chi connectivity index (χ0v) is 21.7. The third-order valence-electron chi connectivity index (χ3n) is 5.98. The highest BCUT2D eigenvalue weighted by molar-refractivity contribution is 5.76. The number of carbonyl (C=O) groups is 2. The van der Waals surface area contributed by atoms with Gasteiger partial charge in [0.15, 0.2) is 6.10 Å². The molecule has 1 aliphatic rings. The van der Waals surface area contributed by atoms with Crippen LogP contribution in [-0.2, 0) is 31.4 Å². The van der Waals surface area contributed by atoms with Gasteiger partial charge in [0.25, 0.3) is 0 Å². The molecular formula is C27H29F6NO5. The van der Waals surface area contributed by atoms with E-state index >= 15 is 0 Å². The molecule has 0 saturated carbocycles. The standard InChI is InChI=1S/C27H29F6NO5/c1-25(2,3)39-24(36)34-12-8-11-20(21(34)16-9-6-5-7-10-16)38-22(23(35)37-4)17-13-18(26(28,29)30)15-19(14-17)27(31,32)33/h5-7,9-10,13-15,20-22H,8,11-12H2,1-4H3/t20-,21-,22?/m0/s1. The summed E-state index contributed by atoms with van der Waals surface area (Å²) in [6.45, 7) is 5.29. The molecule has 214 valence electrons. The summed E-state index contributed by atoms with van der Waals surface area (Å²) in [6.07, 6.45) is -13.2. The van der Waals surface area contributed by atoms with Crippen LogP contribution in [0.4, 0.5) is 31.1 Å². The molecule has 1 unspecified atom stereocenters. The molecule has 1 fully saturated rings. The lowest BCUT2D eigenvalue weighted by molar-refractivity contribution is -0.164. The van der Waals surface area contributed by atoms with E-state index in [1.165, 1.54) is 4.90 Å². The summed E-state index contributed by atoms with van der Waals surface area (Å²) >= 11 is 0. The minimum Gasteiger partial charge on any atom is -0.467 e. The summed E-state index contributed by atoms with van der Waals surface area (Å²) in [5.74, 6) is -1.19. The SMILES string of the molecule is COC(=O)C(O[C@H]1CCCN(C(=O)OC(C)(C)C)[C@H]1c1ccccc1)c1cc(C(F)(F)F)cc(C(F)(F)F)c1. The van der Waals surface area contributed by atoms with Gasteiger partial charge in [0.05, 0.1) is 30.4 Å². The van der Waals surface area contributed by atoms with Gasteiger partial charge in [-0.1, -0.05) is 30.3 Å². The summed E-state index contributed by atoms with van der Waals surface area (Å²) in [4.78, 5) is 27.2. The molecule has 1 aliphatic heterocycles. The van der Waals surface area contributed by atoms with E-state index < -0.39 is 65.0 Å². The molecule has 2 aromatic carbocycles. The number of hydrogen-bond acceptors (Lipinski definition) is 5. The molecule has 0 aromatic heterocycles. The largest absolute Gasteiger partial charge is 0.467 e. The summed E-state index contributed by atoms with van der Waals surface area (Å²) in [6, 6.07) is 8.52. The topological polar surface area (TPSA) is 65.1 Å². The zero-order chi connectivity index (χ0) is 29.2. The van der Waals surface area contributed by atoms with Crippen molar-refractivity contribution in [3.63, 3.8) is 0 Å². The number of esters is 1. The van der Waals surface area contributed by atoms with E-state index in [9.17, 15) is 35.9 Å². The number of ether oxygens (including phenoxy) is 3. The first kappa shape index (κ1) is 30.3. The quantitative estimate of drug-likeness (QED) is 0.288. The van der Waals surface area contributed by atoms with Gasteiger partial charge in [0, 0.05) is 6.54 Å². The average molecular weight is 562 g/mol. The first-order chi connectivity index (χ1) is 18.0. The molecule has 39 heavy (non-hydrogen) atoms. The van der Waals surface area contributed by atoms with Crippen LogP contribution in [0, 0.1) is 0 Å². The van der Waals surface area contributed by atoms with Crippen molar-refractivity contribution in [1.29, 1.82) is 0 Å². The number of likely N-dealkylation sites (tertiary alicyclic amines) is 1. The minimum atomic E-state index is -5.12. The second-order valence-electron chi connectivity index (χ2n) is 10.1. The van der Waals surface area contributed by atoms with Gasteiger partial charge < -0.3 is 14.2 Å². The molecule has 0 N–H and O–H groups in total. The van der Waals surface area contributed by atoms with Crippen LogP contribution in [0.25, 0.3) is 0 Å². The molecular weight excluding hydrogens is 532 g/mol. The van der Waals surface area contributed by atoms with E-state index in [1.54, 1.807) is 51.1 Å². The van der Waals surface area contributed by atoms with E-state index in [0.717, 1.165) is 7.11 Å². The summed E-state index contributed by atoms with van der Waals surface area (Å²) in [7, 11) is 0.944. The predicted octanol–water partition coefficient (Wildman–Crippen LogP) is 7.10. The van der Waals surface area contributed by atoms with Crippen molar-refractivity contribution in [2.75, 3.05) is 13.7 Å². The zero-order valence-electron chi connectivity index (χ0n) is 21.7. The molecule has 0 aliphatic carbocycles. The van der Waals surface area contributed by atoms with E-state index in [0.29, 0.717) is 24.1 Å². The Morgan fingerprint density at radius 3 is 1.97 bits per heavy atom.